The third kappa shape index (κ3) is 4.00. The molecule has 196 valence electrons. The molecule has 8 aromatic rings. The number of hydrogen-bond acceptors (Lipinski definition) is 0. The molecule has 0 heteroatoms. The third-order valence-corrected chi connectivity index (χ3v) is 8.47. The van der Waals surface area contributed by atoms with Crippen molar-refractivity contribution in [2.45, 2.75) is 0 Å². The monoisotopic (exact) mass is 532 g/mol. The van der Waals surface area contributed by atoms with E-state index in [0.717, 1.165) is 0 Å². The Balaban J connectivity index is 1.45. The largest absolute Gasteiger partial charge is 0.0622 e. The Morgan fingerprint density at radius 2 is 0.714 bits per heavy atom. The number of hydrogen-bond donors (Lipinski definition) is 0. The van der Waals surface area contributed by atoms with Crippen molar-refractivity contribution in [1.29, 1.82) is 0 Å². The second kappa shape index (κ2) is 10.2. The van der Waals surface area contributed by atoms with Gasteiger partial charge >= 0.3 is 0 Å². The minimum absolute atomic E-state index is 1.23. The maximum atomic E-state index is 2.39. The SMILES string of the molecule is c1ccc(-c2ccccc2-c2c3ccccc3c(-c3ccc4cccc(-c5ccccc5)c4c3)c3ccccc23)cc1. The van der Waals surface area contributed by atoms with Crippen molar-refractivity contribution in [2.24, 2.45) is 0 Å². The molecule has 0 aliphatic heterocycles. The zero-order chi connectivity index (χ0) is 27.9. The van der Waals surface area contributed by atoms with Crippen LogP contribution in [0.1, 0.15) is 0 Å². The molecular formula is C42H28. The van der Waals surface area contributed by atoms with Crippen LogP contribution < -0.4 is 0 Å². The van der Waals surface area contributed by atoms with Gasteiger partial charge in [0.15, 0.2) is 0 Å². The second-order valence-corrected chi connectivity index (χ2v) is 10.9. The summed E-state index contributed by atoms with van der Waals surface area (Å²) in [6.07, 6.45) is 0. The predicted octanol–water partition coefficient (Wildman–Crippen LogP) is 11.8. The molecule has 0 amide bonds. The highest BCUT2D eigenvalue weighted by Crippen LogP contribution is 2.46. The van der Waals surface area contributed by atoms with Gasteiger partial charge in [0.05, 0.1) is 0 Å². The first-order valence-corrected chi connectivity index (χ1v) is 14.5. The molecule has 0 aromatic heterocycles. The van der Waals surface area contributed by atoms with Crippen molar-refractivity contribution in [2.75, 3.05) is 0 Å². The van der Waals surface area contributed by atoms with Crippen LogP contribution in [-0.2, 0) is 0 Å². The molecule has 0 unspecified atom stereocenters. The first kappa shape index (κ1) is 24.3. The van der Waals surface area contributed by atoms with Crippen molar-refractivity contribution < 1.29 is 0 Å². The maximum absolute atomic E-state index is 2.39. The lowest BCUT2D eigenvalue weighted by Crippen LogP contribution is -1.93. The highest BCUT2D eigenvalue weighted by atomic mass is 14.2. The van der Waals surface area contributed by atoms with E-state index in [1.807, 2.05) is 0 Å². The van der Waals surface area contributed by atoms with Crippen LogP contribution in [0.5, 0.6) is 0 Å². The van der Waals surface area contributed by atoms with E-state index in [0.29, 0.717) is 0 Å². The summed E-state index contributed by atoms with van der Waals surface area (Å²) in [5.74, 6) is 0. The first-order chi connectivity index (χ1) is 20.9. The van der Waals surface area contributed by atoms with Crippen molar-refractivity contribution >= 4 is 32.3 Å². The lowest BCUT2D eigenvalue weighted by atomic mass is 9.83. The fourth-order valence-corrected chi connectivity index (χ4v) is 6.60. The molecule has 0 saturated heterocycles. The van der Waals surface area contributed by atoms with Crippen LogP contribution in [-0.4, -0.2) is 0 Å². The summed E-state index contributed by atoms with van der Waals surface area (Å²) in [4.78, 5) is 0. The van der Waals surface area contributed by atoms with Crippen LogP contribution in [0, 0.1) is 0 Å². The van der Waals surface area contributed by atoms with Gasteiger partial charge in [-0.3, -0.25) is 0 Å². The molecule has 0 fully saturated rings. The standard InChI is InChI=1S/C42H28/c1-3-14-29(15-4-1)33-19-7-8-20-35(33)42-38-23-11-9-21-36(38)41(37-22-10-12-24-39(37)42)32-27-26-31-18-13-25-34(40(31)28-32)30-16-5-2-6-17-30/h1-28H. The minimum atomic E-state index is 1.23. The zero-order valence-corrected chi connectivity index (χ0v) is 23.2. The van der Waals surface area contributed by atoms with Gasteiger partial charge in [0.2, 0.25) is 0 Å². The summed E-state index contributed by atoms with van der Waals surface area (Å²) < 4.78 is 0. The molecular weight excluding hydrogens is 504 g/mol. The summed E-state index contributed by atoms with van der Waals surface area (Å²) in [5, 5.41) is 7.60. The van der Waals surface area contributed by atoms with Gasteiger partial charge in [0.1, 0.15) is 0 Å². The van der Waals surface area contributed by atoms with Crippen LogP contribution >= 0.6 is 0 Å². The smallest absolute Gasteiger partial charge is 0.00201 e. The van der Waals surface area contributed by atoms with E-state index in [9.17, 15) is 0 Å². The van der Waals surface area contributed by atoms with Crippen LogP contribution in [0.4, 0.5) is 0 Å². The Morgan fingerprint density at radius 1 is 0.238 bits per heavy atom. The first-order valence-electron chi connectivity index (χ1n) is 14.5. The van der Waals surface area contributed by atoms with Crippen LogP contribution in [0.3, 0.4) is 0 Å². The quantitative estimate of drug-likeness (QED) is 0.198. The van der Waals surface area contributed by atoms with E-state index in [4.69, 9.17) is 0 Å². The number of benzene rings is 8. The van der Waals surface area contributed by atoms with Crippen molar-refractivity contribution in [1.82, 2.24) is 0 Å². The highest BCUT2D eigenvalue weighted by Gasteiger charge is 2.19. The number of fused-ring (bicyclic) bond motifs is 3. The fourth-order valence-electron chi connectivity index (χ4n) is 6.60. The molecule has 0 aliphatic carbocycles. The Morgan fingerprint density at radius 3 is 1.33 bits per heavy atom. The topological polar surface area (TPSA) is 0 Å². The van der Waals surface area contributed by atoms with Gasteiger partial charge in [-0.2, -0.15) is 0 Å². The second-order valence-electron chi connectivity index (χ2n) is 10.9. The minimum Gasteiger partial charge on any atom is -0.0622 e. The van der Waals surface area contributed by atoms with Gasteiger partial charge < -0.3 is 0 Å². The molecule has 0 radical (unpaired) electrons. The molecule has 42 heavy (non-hydrogen) atoms. The molecule has 0 nitrogen and oxygen atoms in total. The maximum Gasteiger partial charge on any atom is -0.00201 e. The average molecular weight is 533 g/mol. The van der Waals surface area contributed by atoms with E-state index in [1.165, 1.54) is 76.8 Å². The van der Waals surface area contributed by atoms with Crippen molar-refractivity contribution in [3.05, 3.63) is 170 Å². The molecule has 0 aliphatic rings. The lowest BCUT2D eigenvalue weighted by Gasteiger charge is -2.20. The zero-order valence-electron chi connectivity index (χ0n) is 23.2. The molecule has 0 spiro atoms. The molecule has 8 aromatic carbocycles. The fraction of sp³-hybridized carbons (Fsp3) is 0. The van der Waals surface area contributed by atoms with Gasteiger partial charge in [-0.15, -0.1) is 0 Å². The van der Waals surface area contributed by atoms with E-state index in [1.54, 1.807) is 0 Å². The Bertz CT molecular complexity index is 2170. The summed E-state index contributed by atoms with van der Waals surface area (Å²) in [6.45, 7) is 0. The number of rotatable bonds is 4. The Kier molecular flexibility index (Phi) is 5.90. The van der Waals surface area contributed by atoms with Gasteiger partial charge in [-0.05, 0) is 82.9 Å². The Hall–Kier alpha value is -5.46. The van der Waals surface area contributed by atoms with Crippen LogP contribution in [0.25, 0.3) is 76.8 Å². The van der Waals surface area contributed by atoms with Crippen LogP contribution in [0.15, 0.2) is 170 Å². The third-order valence-electron chi connectivity index (χ3n) is 8.47. The predicted molar refractivity (Wildman–Crippen MR) is 181 cm³/mol. The summed E-state index contributed by atoms with van der Waals surface area (Å²) in [7, 11) is 0. The van der Waals surface area contributed by atoms with Gasteiger partial charge in [-0.25, -0.2) is 0 Å². The highest BCUT2D eigenvalue weighted by molar-refractivity contribution is 6.22. The van der Waals surface area contributed by atoms with Crippen LogP contribution in [0.2, 0.25) is 0 Å². The van der Waals surface area contributed by atoms with Crippen molar-refractivity contribution in [3.8, 4) is 44.5 Å². The average Bonchev–Trinajstić information content (AvgIpc) is 3.07. The lowest BCUT2D eigenvalue weighted by molar-refractivity contribution is 1.61. The van der Waals surface area contributed by atoms with E-state index < -0.39 is 0 Å². The molecule has 0 N–H and O–H groups in total. The van der Waals surface area contributed by atoms with E-state index in [-0.39, 0.29) is 0 Å². The Labute approximate surface area is 246 Å². The van der Waals surface area contributed by atoms with Crippen molar-refractivity contribution in [3.63, 3.8) is 0 Å². The normalized spacial score (nSPS) is 11.3. The molecule has 0 atom stereocenters. The molecule has 0 bridgehead atoms. The van der Waals surface area contributed by atoms with Gasteiger partial charge in [0, 0.05) is 0 Å². The molecule has 0 saturated carbocycles. The summed E-state index contributed by atoms with van der Waals surface area (Å²) in [5.41, 5.74) is 10.0. The van der Waals surface area contributed by atoms with Gasteiger partial charge in [0.25, 0.3) is 0 Å². The summed E-state index contributed by atoms with van der Waals surface area (Å²) in [6, 6.07) is 61.7. The van der Waals surface area contributed by atoms with E-state index in [2.05, 4.69) is 170 Å². The summed E-state index contributed by atoms with van der Waals surface area (Å²) >= 11 is 0. The van der Waals surface area contributed by atoms with Gasteiger partial charge in [-0.1, -0.05) is 164 Å². The van der Waals surface area contributed by atoms with E-state index >= 15 is 0 Å². The molecule has 8 rings (SSSR count). The molecule has 0 heterocycles.